The van der Waals surface area contributed by atoms with Gasteiger partial charge < -0.3 is 4.57 Å². The largest absolute Gasteiger partial charge is 0.309 e. The van der Waals surface area contributed by atoms with Gasteiger partial charge in [0.05, 0.1) is 11.0 Å². The molecule has 0 aliphatic rings. The number of thiophene rings is 1. The van der Waals surface area contributed by atoms with Crippen LogP contribution in [0.3, 0.4) is 0 Å². The summed E-state index contributed by atoms with van der Waals surface area (Å²) in [5.41, 5.74) is 3.69. The first-order valence-electron chi connectivity index (χ1n) is 11.6. The normalized spacial score (nSPS) is 12.1. The maximum Gasteiger partial charge on any atom is 0.0547 e. The van der Waals surface area contributed by atoms with Crippen LogP contribution < -0.4 is 0 Å². The molecule has 0 radical (unpaired) electrons. The summed E-state index contributed by atoms with van der Waals surface area (Å²) in [6.07, 6.45) is 0. The van der Waals surface area contributed by atoms with E-state index in [2.05, 4.69) is 120 Å². The van der Waals surface area contributed by atoms with Crippen LogP contribution in [0.1, 0.15) is 0 Å². The van der Waals surface area contributed by atoms with Crippen molar-refractivity contribution in [3.05, 3.63) is 115 Å². The van der Waals surface area contributed by atoms with Crippen molar-refractivity contribution >= 4 is 74.9 Å². The second-order valence-electron chi connectivity index (χ2n) is 9.01. The molecule has 0 atom stereocenters. The zero-order valence-corrected chi connectivity index (χ0v) is 19.1. The standard InChI is InChI=1S/C32H19NS/c1-2-8-22(9-3-1)33-29-12-6-4-10-23(29)27-18-25-20(16-30(27)33)14-15-21-17-32-28(19-26(21)25)24-11-5-7-13-31(24)34-32/h1-19H. The molecule has 1 nitrogen and oxygen atoms in total. The lowest BCUT2D eigenvalue weighted by Crippen LogP contribution is -1.93. The molecule has 0 aliphatic heterocycles. The topological polar surface area (TPSA) is 4.93 Å². The molecule has 0 unspecified atom stereocenters. The van der Waals surface area contributed by atoms with Crippen molar-refractivity contribution < 1.29 is 0 Å². The first-order chi connectivity index (χ1) is 16.8. The molecule has 0 N–H and O–H groups in total. The number of nitrogens with zero attached hydrogens (tertiary/aromatic N) is 1. The van der Waals surface area contributed by atoms with Crippen LogP contribution in [0.25, 0.3) is 69.2 Å². The van der Waals surface area contributed by atoms with Gasteiger partial charge >= 0.3 is 0 Å². The fraction of sp³-hybridized carbons (Fsp3) is 0. The Morgan fingerprint density at radius 3 is 1.94 bits per heavy atom. The number of hydrogen-bond donors (Lipinski definition) is 0. The first kappa shape index (κ1) is 18.3. The van der Waals surface area contributed by atoms with Gasteiger partial charge in [-0.1, -0.05) is 66.7 Å². The molecule has 0 amide bonds. The van der Waals surface area contributed by atoms with Gasteiger partial charge in [0.1, 0.15) is 0 Å². The Morgan fingerprint density at radius 1 is 0.412 bits per heavy atom. The molecule has 0 saturated carbocycles. The van der Waals surface area contributed by atoms with Gasteiger partial charge in [0.15, 0.2) is 0 Å². The summed E-state index contributed by atoms with van der Waals surface area (Å²) in [6, 6.07) is 42.3. The number of aromatic nitrogens is 1. The van der Waals surface area contributed by atoms with Gasteiger partial charge in [0, 0.05) is 36.6 Å². The van der Waals surface area contributed by atoms with Gasteiger partial charge in [-0.15, -0.1) is 11.3 Å². The lowest BCUT2D eigenvalue weighted by atomic mass is 9.98. The molecule has 0 fully saturated rings. The number of hydrogen-bond acceptors (Lipinski definition) is 1. The van der Waals surface area contributed by atoms with E-state index in [0.717, 1.165) is 0 Å². The van der Waals surface area contributed by atoms with E-state index in [9.17, 15) is 0 Å². The van der Waals surface area contributed by atoms with Crippen LogP contribution in [-0.2, 0) is 0 Å². The summed E-state index contributed by atoms with van der Waals surface area (Å²) >= 11 is 1.88. The van der Waals surface area contributed by atoms with Gasteiger partial charge in [-0.25, -0.2) is 0 Å². The molecule has 158 valence electrons. The third-order valence-corrected chi connectivity index (χ3v) is 8.27. The van der Waals surface area contributed by atoms with Crippen LogP contribution in [0.5, 0.6) is 0 Å². The summed E-state index contributed by atoms with van der Waals surface area (Å²) in [5.74, 6) is 0. The summed E-state index contributed by atoms with van der Waals surface area (Å²) in [4.78, 5) is 0. The highest BCUT2D eigenvalue weighted by Crippen LogP contribution is 2.40. The van der Waals surface area contributed by atoms with Crippen LogP contribution in [-0.4, -0.2) is 4.57 Å². The molecule has 0 spiro atoms. The highest BCUT2D eigenvalue weighted by atomic mass is 32.1. The lowest BCUT2D eigenvalue weighted by Gasteiger charge is -2.09. The van der Waals surface area contributed by atoms with E-state index in [1.807, 2.05) is 11.3 Å². The molecule has 0 bridgehead atoms. The van der Waals surface area contributed by atoms with Crippen molar-refractivity contribution in [2.24, 2.45) is 0 Å². The van der Waals surface area contributed by atoms with Gasteiger partial charge in [-0.05, 0) is 70.1 Å². The van der Waals surface area contributed by atoms with Crippen molar-refractivity contribution in [3.8, 4) is 5.69 Å². The van der Waals surface area contributed by atoms with Crippen molar-refractivity contribution in [3.63, 3.8) is 0 Å². The molecule has 0 aliphatic carbocycles. The van der Waals surface area contributed by atoms with Gasteiger partial charge in [-0.2, -0.15) is 0 Å². The Kier molecular flexibility index (Phi) is 3.60. The van der Waals surface area contributed by atoms with E-state index in [1.165, 1.54) is 69.2 Å². The van der Waals surface area contributed by atoms with Gasteiger partial charge in [-0.3, -0.25) is 0 Å². The first-order valence-corrected chi connectivity index (χ1v) is 12.4. The van der Waals surface area contributed by atoms with Crippen molar-refractivity contribution in [1.82, 2.24) is 4.57 Å². The second-order valence-corrected chi connectivity index (χ2v) is 10.1. The monoisotopic (exact) mass is 449 g/mol. The Balaban J connectivity index is 1.54. The smallest absolute Gasteiger partial charge is 0.0547 e. The Bertz CT molecular complexity index is 2060. The molecule has 2 heteroatoms. The highest BCUT2D eigenvalue weighted by molar-refractivity contribution is 7.25. The molecule has 2 heterocycles. The van der Waals surface area contributed by atoms with Crippen molar-refractivity contribution in [1.29, 1.82) is 0 Å². The maximum absolute atomic E-state index is 2.41. The predicted molar refractivity (Wildman–Crippen MR) is 149 cm³/mol. The minimum absolute atomic E-state index is 1.19. The van der Waals surface area contributed by atoms with E-state index in [0.29, 0.717) is 0 Å². The van der Waals surface area contributed by atoms with E-state index < -0.39 is 0 Å². The van der Waals surface area contributed by atoms with Crippen LogP contribution in [0.4, 0.5) is 0 Å². The molecule has 8 rings (SSSR count). The minimum Gasteiger partial charge on any atom is -0.309 e. The SMILES string of the molecule is c1ccc(-n2c3ccccc3c3cc4c(ccc5cc6sc7ccccc7c6cc54)cc32)cc1. The summed E-state index contributed by atoms with van der Waals surface area (Å²) in [7, 11) is 0. The van der Waals surface area contributed by atoms with Crippen molar-refractivity contribution in [2.45, 2.75) is 0 Å². The second kappa shape index (κ2) is 6.69. The number of benzene rings is 6. The predicted octanol–water partition coefficient (Wildman–Crippen LogP) is 9.46. The van der Waals surface area contributed by atoms with E-state index >= 15 is 0 Å². The van der Waals surface area contributed by atoms with Gasteiger partial charge in [0.25, 0.3) is 0 Å². The maximum atomic E-state index is 2.41. The molecular weight excluding hydrogens is 430 g/mol. The average molecular weight is 450 g/mol. The summed E-state index contributed by atoms with van der Waals surface area (Å²) in [5, 5.41) is 10.5. The average Bonchev–Trinajstić information content (AvgIpc) is 3.41. The molecule has 8 aromatic rings. The highest BCUT2D eigenvalue weighted by Gasteiger charge is 2.15. The molecule has 2 aromatic heterocycles. The van der Waals surface area contributed by atoms with Crippen LogP contribution in [0.2, 0.25) is 0 Å². The fourth-order valence-electron chi connectivity index (χ4n) is 5.60. The zero-order valence-electron chi connectivity index (χ0n) is 18.3. The third-order valence-electron chi connectivity index (χ3n) is 7.14. The van der Waals surface area contributed by atoms with E-state index in [4.69, 9.17) is 0 Å². The van der Waals surface area contributed by atoms with Crippen LogP contribution >= 0.6 is 11.3 Å². The van der Waals surface area contributed by atoms with Crippen LogP contribution in [0, 0.1) is 0 Å². The van der Waals surface area contributed by atoms with Gasteiger partial charge in [0.2, 0.25) is 0 Å². The quantitative estimate of drug-likeness (QED) is 0.220. The number of para-hydroxylation sites is 2. The Labute approximate surface area is 200 Å². The Hall–Kier alpha value is -4.14. The molecule has 0 saturated heterocycles. The van der Waals surface area contributed by atoms with E-state index in [1.54, 1.807) is 0 Å². The summed E-state index contributed by atoms with van der Waals surface area (Å²) in [6.45, 7) is 0. The van der Waals surface area contributed by atoms with Crippen LogP contribution in [0.15, 0.2) is 115 Å². The number of rotatable bonds is 1. The number of fused-ring (bicyclic) bond motifs is 9. The zero-order chi connectivity index (χ0) is 22.2. The van der Waals surface area contributed by atoms with E-state index in [-0.39, 0.29) is 0 Å². The minimum atomic E-state index is 1.19. The molecular formula is C32H19NS. The third kappa shape index (κ3) is 2.43. The van der Waals surface area contributed by atoms with Crippen molar-refractivity contribution in [2.75, 3.05) is 0 Å². The lowest BCUT2D eigenvalue weighted by molar-refractivity contribution is 1.18. The molecule has 6 aromatic carbocycles. The Morgan fingerprint density at radius 2 is 1.09 bits per heavy atom. The summed E-state index contributed by atoms with van der Waals surface area (Å²) < 4.78 is 5.10. The fourth-order valence-corrected chi connectivity index (χ4v) is 6.73. The molecule has 34 heavy (non-hydrogen) atoms.